The molecule has 114 valence electrons. The van der Waals surface area contributed by atoms with E-state index in [1.807, 2.05) is 43.9 Å². The zero-order valence-corrected chi connectivity index (χ0v) is 12.9. The number of rotatable bonds is 6. The van der Waals surface area contributed by atoms with Crippen LogP contribution >= 0.6 is 0 Å². The molecule has 0 spiro atoms. The van der Waals surface area contributed by atoms with E-state index in [-0.39, 0.29) is 18.5 Å². The lowest BCUT2D eigenvalue weighted by molar-refractivity contribution is -0.115. The summed E-state index contributed by atoms with van der Waals surface area (Å²) < 4.78 is 3.53. The van der Waals surface area contributed by atoms with Crippen molar-refractivity contribution < 1.29 is 4.79 Å². The zero-order valence-electron chi connectivity index (χ0n) is 12.9. The third-order valence-corrected chi connectivity index (χ3v) is 3.10. The van der Waals surface area contributed by atoms with Crippen LogP contribution in [0.15, 0.2) is 18.5 Å². The fourth-order valence-electron chi connectivity index (χ4n) is 2.09. The van der Waals surface area contributed by atoms with E-state index in [1.165, 1.54) is 0 Å². The van der Waals surface area contributed by atoms with Crippen LogP contribution in [-0.2, 0) is 18.4 Å². The normalized spacial score (nSPS) is 12.4. The number of aryl methyl sites for hydroxylation is 3. The lowest BCUT2D eigenvalue weighted by atomic mass is 10.3. The number of amides is 1. The number of hydrogen-bond donors (Lipinski definition) is 2. The number of hydrogen-bond acceptors (Lipinski definition) is 4. The molecule has 0 bridgehead atoms. The number of carbonyl (C=O) groups is 1. The Bertz CT molecular complexity index is 615. The van der Waals surface area contributed by atoms with E-state index >= 15 is 0 Å². The van der Waals surface area contributed by atoms with Gasteiger partial charge < -0.3 is 10.6 Å². The maximum atomic E-state index is 11.9. The summed E-state index contributed by atoms with van der Waals surface area (Å²) in [5.41, 5.74) is 2.01. The van der Waals surface area contributed by atoms with Gasteiger partial charge in [-0.3, -0.25) is 14.2 Å². The van der Waals surface area contributed by atoms with Gasteiger partial charge in [-0.1, -0.05) is 0 Å². The number of nitrogens with one attached hydrogen (secondary N) is 2. The van der Waals surface area contributed by atoms with Gasteiger partial charge in [0.25, 0.3) is 0 Å². The number of aromatic nitrogens is 4. The highest BCUT2D eigenvalue weighted by Crippen LogP contribution is 2.07. The summed E-state index contributed by atoms with van der Waals surface area (Å²) >= 11 is 0. The highest BCUT2D eigenvalue weighted by molar-refractivity contribution is 5.91. The average molecular weight is 290 g/mol. The highest BCUT2D eigenvalue weighted by atomic mass is 16.2. The molecule has 21 heavy (non-hydrogen) atoms. The summed E-state index contributed by atoms with van der Waals surface area (Å²) in [5, 5.41) is 14.4. The maximum absolute atomic E-state index is 11.9. The van der Waals surface area contributed by atoms with Gasteiger partial charge in [0.15, 0.2) is 0 Å². The van der Waals surface area contributed by atoms with Crippen molar-refractivity contribution in [2.75, 3.05) is 11.9 Å². The van der Waals surface area contributed by atoms with Crippen molar-refractivity contribution in [2.45, 2.75) is 33.4 Å². The Balaban J connectivity index is 1.77. The predicted octanol–water partition coefficient (Wildman–Crippen LogP) is 0.850. The second kappa shape index (κ2) is 6.53. The topological polar surface area (TPSA) is 76.8 Å². The van der Waals surface area contributed by atoms with Crippen LogP contribution in [0.2, 0.25) is 0 Å². The minimum absolute atomic E-state index is 0.0819. The van der Waals surface area contributed by atoms with Crippen molar-refractivity contribution in [2.24, 2.45) is 7.05 Å². The summed E-state index contributed by atoms with van der Waals surface area (Å²) in [7, 11) is 1.80. The van der Waals surface area contributed by atoms with Gasteiger partial charge >= 0.3 is 0 Å². The molecule has 1 unspecified atom stereocenters. The smallest absolute Gasteiger partial charge is 0.239 e. The second-order valence-electron chi connectivity index (χ2n) is 5.36. The van der Waals surface area contributed by atoms with Gasteiger partial charge in [-0.25, -0.2) is 0 Å². The van der Waals surface area contributed by atoms with E-state index in [1.54, 1.807) is 11.7 Å². The first-order valence-electron chi connectivity index (χ1n) is 6.97. The molecule has 2 aromatic heterocycles. The Morgan fingerprint density at radius 3 is 2.76 bits per heavy atom. The molecule has 1 atom stereocenters. The lowest BCUT2D eigenvalue weighted by Gasteiger charge is -2.13. The summed E-state index contributed by atoms with van der Waals surface area (Å²) in [6, 6.07) is 2.00. The summed E-state index contributed by atoms with van der Waals surface area (Å²) in [6.07, 6.45) is 3.81. The zero-order chi connectivity index (χ0) is 15.4. The summed E-state index contributed by atoms with van der Waals surface area (Å²) in [5.74, 6) is 0.621. The van der Waals surface area contributed by atoms with Crippen LogP contribution in [0, 0.1) is 13.8 Å². The van der Waals surface area contributed by atoms with E-state index in [2.05, 4.69) is 20.8 Å². The highest BCUT2D eigenvalue weighted by Gasteiger charge is 2.09. The van der Waals surface area contributed by atoms with Crippen LogP contribution in [0.25, 0.3) is 0 Å². The molecule has 0 fully saturated rings. The molecule has 0 aliphatic rings. The van der Waals surface area contributed by atoms with E-state index in [0.29, 0.717) is 5.82 Å². The van der Waals surface area contributed by atoms with Gasteiger partial charge in [0, 0.05) is 25.4 Å². The standard InChI is InChI=1S/C14H22N6O/c1-10-6-16-20(8-10)9-12(3)15-7-14(21)17-13-5-11(2)18-19(13)4/h5-6,8,12,15H,7,9H2,1-4H3,(H,17,21). The van der Waals surface area contributed by atoms with Crippen molar-refractivity contribution in [1.82, 2.24) is 24.9 Å². The number of nitrogens with zero attached hydrogens (tertiary/aromatic N) is 4. The minimum atomic E-state index is -0.0819. The molecule has 1 amide bonds. The van der Waals surface area contributed by atoms with E-state index in [9.17, 15) is 4.79 Å². The molecule has 0 aromatic carbocycles. The van der Waals surface area contributed by atoms with Crippen LogP contribution in [-0.4, -0.2) is 38.1 Å². The fraction of sp³-hybridized carbons (Fsp3) is 0.500. The van der Waals surface area contributed by atoms with Gasteiger partial charge in [-0.15, -0.1) is 0 Å². The Kier molecular flexibility index (Phi) is 4.74. The first-order chi connectivity index (χ1) is 9.94. The Hall–Kier alpha value is -2.15. The molecule has 7 heteroatoms. The van der Waals surface area contributed by atoms with Gasteiger partial charge in [0.1, 0.15) is 5.82 Å². The molecule has 0 saturated heterocycles. The monoisotopic (exact) mass is 290 g/mol. The van der Waals surface area contributed by atoms with Crippen LogP contribution in [0.4, 0.5) is 5.82 Å². The molecule has 0 saturated carbocycles. The molecule has 0 aliphatic heterocycles. The van der Waals surface area contributed by atoms with Crippen molar-refractivity contribution in [1.29, 1.82) is 0 Å². The maximum Gasteiger partial charge on any atom is 0.239 e. The van der Waals surface area contributed by atoms with Crippen LogP contribution in [0.3, 0.4) is 0 Å². The molecule has 7 nitrogen and oxygen atoms in total. The van der Waals surface area contributed by atoms with E-state index in [4.69, 9.17) is 0 Å². The predicted molar refractivity (Wildman–Crippen MR) is 81.0 cm³/mol. The lowest BCUT2D eigenvalue weighted by Crippen LogP contribution is -2.37. The van der Waals surface area contributed by atoms with E-state index in [0.717, 1.165) is 17.8 Å². The largest absolute Gasteiger partial charge is 0.310 e. The third kappa shape index (κ3) is 4.42. The fourth-order valence-corrected chi connectivity index (χ4v) is 2.09. The minimum Gasteiger partial charge on any atom is -0.310 e. The van der Waals surface area contributed by atoms with E-state index < -0.39 is 0 Å². The van der Waals surface area contributed by atoms with Crippen LogP contribution < -0.4 is 10.6 Å². The summed E-state index contributed by atoms with van der Waals surface area (Å²) in [6.45, 7) is 6.91. The second-order valence-corrected chi connectivity index (χ2v) is 5.36. The molecular formula is C14H22N6O. The molecule has 2 N–H and O–H groups in total. The molecular weight excluding hydrogens is 268 g/mol. The van der Waals surface area contributed by atoms with Gasteiger partial charge in [0.2, 0.25) is 5.91 Å². The SMILES string of the molecule is Cc1cnn(CC(C)NCC(=O)Nc2cc(C)nn2C)c1. The Labute approximate surface area is 124 Å². The molecule has 2 heterocycles. The number of anilines is 1. The average Bonchev–Trinajstić information content (AvgIpc) is 2.93. The third-order valence-electron chi connectivity index (χ3n) is 3.10. The summed E-state index contributed by atoms with van der Waals surface area (Å²) in [4.78, 5) is 11.9. The van der Waals surface area contributed by atoms with Crippen molar-refractivity contribution in [3.05, 3.63) is 29.7 Å². The first-order valence-corrected chi connectivity index (χ1v) is 6.97. The van der Waals surface area contributed by atoms with Crippen LogP contribution in [0.1, 0.15) is 18.2 Å². The van der Waals surface area contributed by atoms with Crippen LogP contribution in [0.5, 0.6) is 0 Å². The first kappa shape index (κ1) is 15.2. The molecule has 2 rings (SSSR count). The molecule has 0 radical (unpaired) electrons. The van der Waals surface area contributed by atoms with Gasteiger partial charge in [-0.2, -0.15) is 10.2 Å². The van der Waals surface area contributed by atoms with Crippen molar-refractivity contribution in [3.63, 3.8) is 0 Å². The van der Waals surface area contributed by atoms with Crippen molar-refractivity contribution in [3.8, 4) is 0 Å². The molecule has 2 aromatic rings. The number of carbonyl (C=O) groups excluding carboxylic acids is 1. The quantitative estimate of drug-likeness (QED) is 0.827. The Morgan fingerprint density at radius 2 is 2.19 bits per heavy atom. The molecule has 0 aliphatic carbocycles. The van der Waals surface area contributed by atoms with Gasteiger partial charge in [0.05, 0.1) is 25.0 Å². The Morgan fingerprint density at radius 1 is 1.43 bits per heavy atom. The van der Waals surface area contributed by atoms with Crippen molar-refractivity contribution >= 4 is 11.7 Å². The van der Waals surface area contributed by atoms with Gasteiger partial charge in [-0.05, 0) is 26.3 Å².